The van der Waals surface area contributed by atoms with Crippen LogP contribution in [0.2, 0.25) is 0 Å². The van der Waals surface area contributed by atoms with Crippen molar-refractivity contribution >= 4 is 11.9 Å². The van der Waals surface area contributed by atoms with Crippen molar-refractivity contribution < 1.29 is 73.8 Å². The molecule has 2 fully saturated rings. The molecule has 0 spiro atoms. The summed E-state index contributed by atoms with van der Waals surface area (Å²) in [6, 6.07) is 0. The van der Waals surface area contributed by atoms with Gasteiger partial charge >= 0.3 is 11.9 Å². The van der Waals surface area contributed by atoms with Crippen LogP contribution in [0.1, 0.15) is 271 Å². The van der Waals surface area contributed by atoms with Crippen LogP contribution in [0.25, 0.3) is 0 Å². The summed E-state index contributed by atoms with van der Waals surface area (Å²) in [4.78, 5) is 26.0. The molecule has 2 aliphatic heterocycles. The molecule has 0 aliphatic carbocycles. The molecule has 2 aliphatic rings. The van der Waals surface area contributed by atoms with E-state index in [2.05, 4.69) is 38.2 Å². The highest BCUT2D eigenvalue weighted by Crippen LogP contribution is 2.27. The number of hydrogen-bond donors (Lipinski definition) is 7. The molecule has 7 N–H and O–H groups in total. The van der Waals surface area contributed by atoms with Crippen LogP contribution in [0.15, 0.2) is 24.3 Å². The highest BCUT2D eigenvalue weighted by atomic mass is 16.7. The molecular formula is C63H116O15. The fraction of sp³-hybridized carbons (Fsp3) is 0.905. The predicted octanol–water partition coefficient (Wildman–Crippen LogP) is 11.8. The second-order valence-corrected chi connectivity index (χ2v) is 22.6. The van der Waals surface area contributed by atoms with E-state index in [4.69, 9.17) is 28.4 Å². The molecule has 11 atom stereocenters. The molecule has 2 saturated heterocycles. The van der Waals surface area contributed by atoms with Crippen LogP contribution in [-0.4, -0.2) is 142 Å². The molecule has 0 aromatic heterocycles. The van der Waals surface area contributed by atoms with Gasteiger partial charge in [-0.15, -0.1) is 0 Å². The second-order valence-electron chi connectivity index (χ2n) is 22.6. The minimum Gasteiger partial charge on any atom is -0.462 e. The van der Waals surface area contributed by atoms with Crippen molar-refractivity contribution in [1.29, 1.82) is 0 Å². The Hall–Kier alpha value is -2.02. The third-order valence-electron chi connectivity index (χ3n) is 15.4. The van der Waals surface area contributed by atoms with Crippen molar-refractivity contribution in [2.45, 2.75) is 338 Å². The van der Waals surface area contributed by atoms with Gasteiger partial charge in [0.1, 0.15) is 55.4 Å². The van der Waals surface area contributed by atoms with Gasteiger partial charge in [0, 0.05) is 12.8 Å². The van der Waals surface area contributed by atoms with Crippen LogP contribution in [0.3, 0.4) is 0 Å². The maximum Gasteiger partial charge on any atom is 0.306 e. The van der Waals surface area contributed by atoms with E-state index in [9.17, 15) is 45.3 Å². The first-order valence-electron chi connectivity index (χ1n) is 31.9. The normalized spacial score (nSPS) is 24.1. The highest BCUT2D eigenvalue weighted by Gasteiger charge is 2.47. The smallest absolute Gasteiger partial charge is 0.306 e. The number of aliphatic hydroxyl groups is 7. The standard InChI is InChI=1S/C63H116O15/c1-3-5-7-9-11-13-15-17-19-21-23-24-25-26-28-30-32-34-36-38-40-42-44-46-55(66)76-51(48-73-54(65)45-43-41-39-37-35-33-31-29-27-22-20-18-16-14-12-10-8-6-4-2)49-74-62-61(72)59(70)57(68)53(78-62)50-75-63-60(71)58(69)56(67)52(47-64)77-63/h12,14,18,20,51-53,56-64,67-72H,3-11,13,15-17,19,21-50H2,1-2H3/b14-12+,20-18+/t51-,52+,53+,56-,57-,58?,59?,60?,61?,62+,63+/m1/s1. The summed E-state index contributed by atoms with van der Waals surface area (Å²) in [5, 5.41) is 72.4. The van der Waals surface area contributed by atoms with Crippen molar-refractivity contribution in [3.8, 4) is 0 Å². The van der Waals surface area contributed by atoms with Gasteiger partial charge in [-0.25, -0.2) is 0 Å². The summed E-state index contributed by atoms with van der Waals surface area (Å²) in [6.45, 7) is 2.63. The molecule has 78 heavy (non-hydrogen) atoms. The van der Waals surface area contributed by atoms with Crippen molar-refractivity contribution in [3.05, 3.63) is 24.3 Å². The van der Waals surface area contributed by atoms with Crippen LogP contribution >= 0.6 is 0 Å². The third kappa shape index (κ3) is 35.8. The first-order valence-corrected chi connectivity index (χ1v) is 31.9. The van der Waals surface area contributed by atoms with Crippen molar-refractivity contribution in [3.63, 3.8) is 0 Å². The van der Waals surface area contributed by atoms with Gasteiger partial charge in [-0.3, -0.25) is 9.59 Å². The maximum absolute atomic E-state index is 13.1. The van der Waals surface area contributed by atoms with Gasteiger partial charge in [-0.05, 0) is 44.9 Å². The molecular weight excluding hydrogens is 997 g/mol. The zero-order valence-electron chi connectivity index (χ0n) is 49.2. The van der Waals surface area contributed by atoms with E-state index in [1.165, 1.54) is 180 Å². The molecule has 0 amide bonds. The summed E-state index contributed by atoms with van der Waals surface area (Å²) in [5.41, 5.74) is 0. The summed E-state index contributed by atoms with van der Waals surface area (Å²) in [6.07, 6.45) is 39.1. The van der Waals surface area contributed by atoms with Gasteiger partial charge in [0.2, 0.25) is 0 Å². The lowest BCUT2D eigenvalue weighted by Crippen LogP contribution is -2.61. The van der Waals surface area contributed by atoms with Crippen LogP contribution in [0.5, 0.6) is 0 Å². The lowest BCUT2D eigenvalue weighted by Gasteiger charge is -2.42. The van der Waals surface area contributed by atoms with Gasteiger partial charge in [-0.2, -0.15) is 0 Å². The molecule has 15 nitrogen and oxygen atoms in total. The van der Waals surface area contributed by atoms with E-state index in [0.717, 1.165) is 51.4 Å². The Bertz CT molecular complexity index is 1450. The Balaban J connectivity index is 1.70. The number of allylic oxidation sites excluding steroid dienone is 4. The minimum atomic E-state index is -1.76. The Kier molecular flexibility index (Phi) is 45.8. The molecule has 15 heteroatoms. The molecule has 458 valence electrons. The Morgan fingerprint density at radius 3 is 1.22 bits per heavy atom. The van der Waals surface area contributed by atoms with E-state index < -0.39 is 92.7 Å². The molecule has 2 rings (SSSR count). The maximum atomic E-state index is 13.1. The first-order chi connectivity index (χ1) is 38.0. The topological polar surface area (TPSA) is 231 Å². The number of unbranched alkanes of at least 4 members (excludes halogenated alkanes) is 34. The number of carbonyl (C=O) groups excluding carboxylic acids is 2. The number of esters is 2. The van der Waals surface area contributed by atoms with Gasteiger partial charge in [0.05, 0.1) is 19.8 Å². The predicted molar refractivity (Wildman–Crippen MR) is 307 cm³/mol. The molecule has 0 aromatic carbocycles. The van der Waals surface area contributed by atoms with E-state index in [0.29, 0.717) is 12.8 Å². The second kappa shape index (κ2) is 49.6. The van der Waals surface area contributed by atoms with E-state index in [1.54, 1.807) is 0 Å². The molecule has 0 radical (unpaired) electrons. The van der Waals surface area contributed by atoms with E-state index in [-0.39, 0.29) is 26.1 Å². The third-order valence-corrected chi connectivity index (χ3v) is 15.4. The number of aliphatic hydroxyl groups excluding tert-OH is 7. The van der Waals surface area contributed by atoms with E-state index in [1.807, 2.05) is 0 Å². The van der Waals surface area contributed by atoms with Crippen LogP contribution in [0, 0.1) is 0 Å². The quantitative estimate of drug-likeness (QED) is 0.0171. The van der Waals surface area contributed by atoms with Gasteiger partial charge in [0.15, 0.2) is 18.7 Å². The Labute approximate surface area is 473 Å². The van der Waals surface area contributed by atoms with Gasteiger partial charge < -0.3 is 64.2 Å². The number of rotatable bonds is 52. The fourth-order valence-corrected chi connectivity index (χ4v) is 10.3. The van der Waals surface area contributed by atoms with Gasteiger partial charge in [-0.1, -0.05) is 237 Å². The van der Waals surface area contributed by atoms with Crippen molar-refractivity contribution in [2.24, 2.45) is 0 Å². The average Bonchev–Trinajstić information content (AvgIpc) is 3.43. The van der Waals surface area contributed by atoms with Crippen LogP contribution in [-0.2, 0) is 38.0 Å². The van der Waals surface area contributed by atoms with Crippen molar-refractivity contribution in [1.82, 2.24) is 0 Å². The Morgan fingerprint density at radius 2 is 0.769 bits per heavy atom. The zero-order chi connectivity index (χ0) is 56.7. The SMILES string of the molecule is CCCCC/C=C/C/C=C/CCCCCCCCCCCC(=O)OC[C@H](CO[C@H]1O[C@@H](CO[C@H]2O[C@@H](CO)[C@@H](O)C(O)C2O)[C@@H](O)C(O)C1O)OC(=O)CCCCCCCCCCCCCCCCCCCCCCCCC. The van der Waals surface area contributed by atoms with Crippen LogP contribution < -0.4 is 0 Å². The summed E-state index contributed by atoms with van der Waals surface area (Å²) < 4.78 is 33.8. The van der Waals surface area contributed by atoms with E-state index >= 15 is 0 Å². The summed E-state index contributed by atoms with van der Waals surface area (Å²) in [7, 11) is 0. The van der Waals surface area contributed by atoms with Crippen LogP contribution in [0.4, 0.5) is 0 Å². The molecule has 0 bridgehead atoms. The number of ether oxygens (including phenoxy) is 6. The molecule has 4 unspecified atom stereocenters. The summed E-state index contributed by atoms with van der Waals surface area (Å²) >= 11 is 0. The highest BCUT2D eigenvalue weighted by molar-refractivity contribution is 5.70. The van der Waals surface area contributed by atoms with Crippen molar-refractivity contribution in [2.75, 3.05) is 26.4 Å². The molecule has 2 heterocycles. The Morgan fingerprint density at radius 1 is 0.410 bits per heavy atom. The lowest BCUT2D eigenvalue weighted by atomic mass is 9.98. The van der Waals surface area contributed by atoms with Gasteiger partial charge in [0.25, 0.3) is 0 Å². The summed E-state index contributed by atoms with van der Waals surface area (Å²) in [5.74, 6) is -0.913. The molecule has 0 saturated carbocycles. The lowest BCUT2D eigenvalue weighted by molar-refractivity contribution is -0.332. The monoisotopic (exact) mass is 1110 g/mol. The fourth-order valence-electron chi connectivity index (χ4n) is 10.3. The zero-order valence-corrected chi connectivity index (χ0v) is 49.2. The first kappa shape index (κ1) is 72.1. The number of carbonyl (C=O) groups is 2. The largest absolute Gasteiger partial charge is 0.462 e. The molecule has 0 aromatic rings. The number of hydrogen-bond acceptors (Lipinski definition) is 15. The minimum absolute atomic E-state index is 0.170. The average molecular weight is 1110 g/mol.